The average Bonchev–Trinajstić information content (AvgIpc) is 2.65. The third-order valence-corrected chi connectivity index (χ3v) is 4.94. The van der Waals surface area contributed by atoms with Crippen molar-refractivity contribution in [3.63, 3.8) is 0 Å². The number of rotatable bonds is 4. The molecule has 2 aromatic carbocycles. The van der Waals surface area contributed by atoms with E-state index in [9.17, 15) is 18.0 Å². The van der Waals surface area contributed by atoms with E-state index in [1.165, 1.54) is 24.4 Å². The minimum absolute atomic E-state index is 0.0388. The monoisotopic (exact) mass is 438 g/mol. The molecular formula is C21H15Cl2F3N2O. The summed E-state index contributed by atoms with van der Waals surface area (Å²) in [6, 6.07) is 12.3. The van der Waals surface area contributed by atoms with Gasteiger partial charge < -0.3 is 4.57 Å². The van der Waals surface area contributed by atoms with E-state index in [2.05, 4.69) is 4.99 Å². The first-order valence-corrected chi connectivity index (χ1v) is 9.23. The van der Waals surface area contributed by atoms with Crippen LogP contribution in [0.4, 0.5) is 13.2 Å². The van der Waals surface area contributed by atoms with Crippen molar-refractivity contribution in [1.29, 1.82) is 0 Å². The van der Waals surface area contributed by atoms with Crippen LogP contribution in [0.2, 0.25) is 10.0 Å². The standard InChI is InChI=1S/C21H15Cl2F3N2O/c1-27-10-13-4-2-5-14(8-13)11-28-12-17(22)19(29)9-18(28)15-6-3-7-16(20(15)23)21(24,25)26/h2-10,12H,11H2,1H3. The Morgan fingerprint density at radius 2 is 1.83 bits per heavy atom. The van der Waals surface area contributed by atoms with Gasteiger partial charge in [-0.25, -0.2) is 0 Å². The normalized spacial score (nSPS) is 11.9. The van der Waals surface area contributed by atoms with Crippen molar-refractivity contribution >= 4 is 29.4 Å². The molecule has 1 aromatic heterocycles. The Balaban J connectivity index is 2.16. The Morgan fingerprint density at radius 1 is 1.10 bits per heavy atom. The van der Waals surface area contributed by atoms with Crippen LogP contribution >= 0.6 is 23.2 Å². The summed E-state index contributed by atoms with van der Waals surface area (Å²) in [5, 5.41) is -0.509. The van der Waals surface area contributed by atoms with Crippen LogP contribution in [0.3, 0.4) is 0 Å². The Labute approximate surface area is 175 Å². The summed E-state index contributed by atoms with van der Waals surface area (Å²) in [7, 11) is 1.65. The first-order valence-electron chi connectivity index (χ1n) is 8.48. The fourth-order valence-corrected chi connectivity index (χ4v) is 3.48. The average molecular weight is 439 g/mol. The molecule has 0 saturated heterocycles. The molecule has 1 heterocycles. The van der Waals surface area contributed by atoms with Crippen molar-refractivity contribution in [2.24, 2.45) is 4.99 Å². The topological polar surface area (TPSA) is 34.4 Å². The van der Waals surface area contributed by atoms with Crippen LogP contribution in [0.15, 0.2) is 64.5 Å². The minimum atomic E-state index is -4.61. The lowest BCUT2D eigenvalue weighted by molar-refractivity contribution is -0.137. The van der Waals surface area contributed by atoms with Crippen LogP contribution in [0.25, 0.3) is 11.3 Å². The Hall–Kier alpha value is -2.57. The second kappa shape index (κ2) is 8.43. The highest BCUT2D eigenvalue weighted by atomic mass is 35.5. The van der Waals surface area contributed by atoms with Gasteiger partial charge in [-0.2, -0.15) is 13.2 Å². The summed E-state index contributed by atoms with van der Waals surface area (Å²) >= 11 is 12.1. The van der Waals surface area contributed by atoms with Crippen molar-refractivity contribution in [3.05, 3.63) is 91.7 Å². The largest absolute Gasteiger partial charge is 0.417 e. The van der Waals surface area contributed by atoms with E-state index in [0.29, 0.717) is 0 Å². The van der Waals surface area contributed by atoms with Crippen LogP contribution in [-0.4, -0.2) is 17.8 Å². The highest BCUT2D eigenvalue weighted by Crippen LogP contribution is 2.39. The fraction of sp³-hybridized carbons (Fsp3) is 0.143. The number of benzene rings is 2. The second-order valence-electron chi connectivity index (χ2n) is 6.30. The lowest BCUT2D eigenvalue weighted by Crippen LogP contribution is -2.13. The summed E-state index contributed by atoms with van der Waals surface area (Å²) in [5.41, 5.74) is 0.596. The van der Waals surface area contributed by atoms with E-state index in [1.807, 2.05) is 24.3 Å². The van der Waals surface area contributed by atoms with Crippen molar-refractivity contribution in [2.75, 3.05) is 7.05 Å². The number of halogens is 5. The number of aliphatic imine (C=N–C) groups is 1. The van der Waals surface area contributed by atoms with Gasteiger partial charge in [0.25, 0.3) is 0 Å². The van der Waals surface area contributed by atoms with Crippen LogP contribution in [-0.2, 0) is 12.7 Å². The second-order valence-corrected chi connectivity index (χ2v) is 7.08. The van der Waals surface area contributed by atoms with Gasteiger partial charge in [0.2, 0.25) is 5.43 Å². The van der Waals surface area contributed by atoms with Gasteiger partial charge in [-0.05, 0) is 23.3 Å². The number of alkyl halides is 3. The summed E-state index contributed by atoms with van der Waals surface area (Å²) in [4.78, 5) is 16.1. The van der Waals surface area contributed by atoms with Gasteiger partial charge in [0.05, 0.1) is 16.3 Å². The Bertz CT molecular complexity index is 1140. The first kappa shape index (κ1) is 21.1. The van der Waals surface area contributed by atoms with Gasteiger partial charge in [0.1, 0.15) is 5.02 Å². The third kappa shape index (κ3) is 4.71. The molecule has 0 fully saturated rings. The van der Waals surface area contributed by atoms with Gasteiger partial charge in [0, 0.05) is 37.6 Å². The summed E-state index contributed by atoms with van der Waals surface area (Å²) in [5.74, 6) is 0. The smallest absolute Gasteiger partial charge is 0.341 e. The molecule has 0 aliphatic rings. The number of aromatic nitrogens is 1. The number of hydrogen-bond acceptors (Lipinski definition) is 2. The van der Waals surface area contributed by atoms with Crippen molar-refractivity contribution in [1.82, 2.24) is 4.57 Å². The van der Waals surface area contributed by atoms with E-state index in [4.69, 9.17) is 23.2 Å². The quantitative estimate of drug-likeness (QED) is 0.464. The molecule has 0 amide bonds. The first-order chi connectivity index (χ1) is 13.7. The van der Waals surface area contributed by atoms with Gasteiger partial charge in [-0.1, -0.05) is 53.5 Å². The third-order valence-electron chi connectivity index (χ3n) is 4.24. The molecule has 150 valence electrons. The molecule has 29 heavy (non-hydrogen) atoms. The molecule has 0 spiro atoms. The number of nitrogens with zero attached hydrogens (tertiary/aromatic N) is 2. The molecule has 0 radical (unpaired) electrons. The Morgan fingerprint density at radius 3 is 2.52 bits per heavy atom. The summed E-state index contributed by atoms with van der Waals surface area (Å²) in [6.07, 6.45) is -1.53. The molecule has 0 saturated carbocycles. The van der Waals surface area contributed by atoms with Gasteiger partial charge in [-0.15, -0.1) is 0 Å². The maximum Gasteiger partial charge on any atom is 0.417 e. The lowest BCUT2D eigenvalue weighted by Gasteiger charge is -2.18. The summed E-state index contributed by atoms with van der Waals surface area (Å²) in [6.45, 7) is 0.271. The zero-order valence-corrected chi connectivity index (χ0v) is 16.7. The SMILES string of the molecule is CN=Cc1cccc(Cn2cc(Cl)c(=O)cc2-c2cccc(C(F)(F)F)c2Cl)c1. The van der Waals surface area contributed by atoms with Gasteiger partial charge >= 0.3 is 6.18 Å². The van der Waals surface area contributed by atoms with Crippen molar-refractivity contribution in [2.45, 2.75) is 12.7 Å². The lowest BCUT2D eigenvalue weighted by atomic mass is 10.1. The van der Waals surface area contributed by atoms with E-state index < -0.39 is 22.2 Å². The molecule has 3 rings (SSSR count). The van der Waals surface area contributed by atoms with Gasteiger partial charge in [-0.3, -0.25) is 9.79 Å². The van der Waals surface area contributed by atoms with Crippen LogP contribution in [0.5, 0.6) is 0 Å². The zero-order chi connectivity index (χ0) is 21.2. The molecule has 0 bridgehead atoms. The molecule has 0 aliphatic heterocycles. The zero-order valence-electron chi connectivity index (χ0n) is 15.2. The molecular weight excluding hydrogens is 424 g/mol. The molecule has 3 aromatic rings. The molecule has 0 atom stereocenters. The van der Waals surface area contributed by atoms with Crippen molar-refractivity contribution in [3.8, 4) is 11.3 Å². The number of pyridine rings is 1. The van der Waals surface area contributed by atoms with Crippen LogP contribution in [0.1, 0.15) is 16.7 Å². The van der Waals surface area contributed by atoms with Crippen LogP contribution < -0.4 is 5.43 Å². The van der Waals surface area contributed by atoms with E-state index in [0.717, 1.165) is 17.2 Å². The van der Waals surface area contributed by atoms with E-state index in [1.54, 1.807) is 17.8 Å². The minimum Gasteiger partial charge on any atom is -0.341 e. The molecule has 0 unspecified atom stereocenters. The van der Waals surface area contributed by atoms with Gasteiger partial charge in [0.15, 0.2) is 0 Å². The molecule has 0 aliphatic carbocycles. The maximum absolute atomic E-state index is 13.3. The highest BCUT2D eigenvalue weighted by Gasteiger charge is 2.34. The van der Waals surface area contributed by atoms with Crippen LogP contribution in [0, 0.1) is 0 Å². The molecule has 3 nitrogen and oxygen atoms in total. The van der Waals surface area contributed by atoms with Crippen molar-refractivity contribution < 1.29 is 13.2 Å². The number of hydrogen-bond donors (Lipinski definition) is 0. The van der Waals surface area contributed by atoms with E-state index >= 15 is 0 Å². The molecule has 0 N–H and O–H groups in total. The summed E-state index contributed by atoms with van der Waals surface area (Å²) < 4.78 is 41.4. The maximum atomic E-state index is 13.3. The van der Waals surface area contributed by atoms with E-state index in [-0.39, 0.29) is 22.8 Å². The molecule has 8 heteroatoms. The Kier molecular flexibility index (Phi) is 6.15. The highest BCUT2D eigenvalue weighted by molar-refractivity contribution is 6.34. The predicted octanol–water partition coefficient (Wildman–Crippen LogP) is 5.94. The fourth-order valence-electron chi connectivity index (χ4n) is 2.98. The predicted molar refractivity (Wildman–Crippen MR) is 110 cm³/mol.